The lowest BCUT2D eigenvalue weighted by Crippen LogP contribution is -2.00. The lowest BCUT2D eigenvalue weighted by atomic mass is 10.1. The summed E-state index contributed by atoms with van der Waals surface area (Å²) >= 11 is 1.22. The standard InChI is InChI=1S/C15H12F2OS/c16-12-6-7-15(13(17)10-12)19-9-8-14(18)11-4-2-1-3-5-11/h1-7,10H,8-9H2. The molecule has 0 fully saturated rings. The van der Waals surface area contributed by atoms with E-state index in [0.717, 1.165) is 6.07 Å². The van der Waals surface area contributed by atoms with Crippen LogP contribution in [-0.4, -0.2) is 11.5 Å². The number of ketones is 1. The molecule has 0 N–H and O–H groups in total. The number of thioether (sulfide) groups is 1. The van der Waals surface area contributed by atoms with Crippen molar-refractivity contribution in [3.8, 4) is 0 Å². The van der Waals surface area contributed by atoms with E-state index in [1.807, 2.05) is 6.07 Å². The summed E-state index contributed by atoms with van der Waals surface area (Å²) in [4.78, 5) is 12.2. The molecule has 1 nitrogen and oxygen atoms in total. The Kier molecular flexibility index (Phi) is 4.68. The molecule has 2 rings (SSSR count). The molecule has 98 valence electrons. The van der Waals surface area contributed by atoms with Gasteiger partial charge in [-0.1, -0.05) is 30.3 Å². The molecule has 0 amide bonds. The van der Waals surface area contributed by atoms with Crippen molar-refractivity contribution in [1.82, 2.24) is 0 Å². The number of Topliss-reactive ketones (excluding diaryl/α,β-unsaturated/α-hetero) is 1. The van der Waals surface area contributed by atoms with E-state index in [-0.39, 0.29) is 5.78 Å². The van der Waals surface area contributed by atoms with Crippen molar-refractivity contribution >= 4 is 17.5 Å². The highest BCUT2D eigenvalue weighted by Crippen LogP contribution is 2.23. The van der Waals surface area contributed by atoms with Crippen LogP contribution in [0.1, 0.15) is 16.8 Å². The van der Waals surface area contributed by atoms with E-state index in [9.17, 15) is 13.6 Å². The lowest BCUT2D eigenvalue weighted by molar-refractivity contribution is 0.0989. The smallest absolute Gasteiger partial charge is 0.163 e. The average Bonchev–Trinajstić information content (AvgIpc) is 2.42. The summed E-state index contributed by atoms with van der Waals surface area (Å²) in [5.74, 6) is -0.689. The van der Waals surface area contributed by atoms with Crippen LogP contribution in [0.25, 0.3) is 0 Å². The minimum absolute atomic E-state index is 0.0237. The van der Waals surface area contributed by atoms with E-state index in [0.29, 0.717) is 22.6 Å². The molecule has 2 aromatic rings. The summed E-state index contributed by atoms with van der Waals surface area (Å²) in [6.07, 6.45) is 0.325. The molecule has 0 atom stereocenters. The van der Waals surface area contributed by atoms with Gasteiger partial charge in [0.2, 0.25) is 0 Å². The van der Waals surface area contributed by atoms with Gasteiger partial charge in [-0.2, -0.15) is 0 Å². The first-order valence-electron chi connectivity index (χ1n) is 5.83. The van der Waals surface area contributed by atoms with Gasteiger partial charge in [0.15, 0.2) is 5.78 Å². The average molecular weight is 278 g/mol. The predicted octanol–water partition coefficient (Wildman–Crippen LogP) is 4.33. The molecule has 0 heterocycles. The van der Waals surface area contributed by atoms with Crippen LogP contribution in [0.4, 0.5) is 8.78 Å². The molecule has 4 heteroatoms. The van der Waals surface area contributed by atoms with Crippen molar-refractivity contribution in [3.05, 3.63) is 65.7 Å². The zero-order valence-corrected chi connectivity index (χ0v) is 10.9. The van der Waals surface area contributed by atoms with E-state index < -0.39 is 11.6 Å². The van der Waals surface area contributed by atoms with Crippen molar-refractivity contribution in [2.75, 3.05) is 5.75 Å². The molecule has 2 aromatic carbocycles. The van der Waals surface area contributed by atoms with Gasteiger partial charge >= 0.3 is 0 Å². The van der Waals surface area contributed by atoms with Crippen molar-refractivity contribution < 1.29 is 13.6 Å². The zero-order valence-electron chi connectivity index (χ0n) is 10.1. The van der Waals surface area contributed by atoms with Gasteiger partial charge in [-0.25, -0.2) is 8.78 Å². The number of benzene rings is 2. The Morgan fingerprint density at radius 3 is 2.47 bits per heavy atom. The minimum atomic E-state index is -0.595. The van der Waals surface area contributed by atoms with Gasteiger partial charge < -0.3 is 0 Å². The van der Waals surface area contributed by atoms with Gasteiger partial charge in [0.25, 0.3) is 0 Å². The summed E-state index contributed by atoms with van der Waals surface area (Å²) in [5, 5.41) is 0. The fourth-order valence-electron chi connectivity index (χ4n) is 1.61. The van der Waals surface area contributed by atoms with Crippen molar-refractivity contribution in [2.45, 2.75) is 11.3 Å². The van der Waals surface area contributed by atoms with E-state index in [4.69, 9.17) is 0 Å². The molecule has 0 spiro atoms. The topological polar surface area (TPSA) is 17.1 Å². The highest BCUT2D eigenvalue weighted by atomic mass is 32.2. The van der Waals surface area contributed by atoms with Gasteiger partial charge in [-0.3, -0.25) is 4.79 Å². The van der Waals surface area contributed by atoms with Crippen LogP contribution in [0.3, 0.4) is 0 Å². The molecule has 0 radical (unpaired) electrons. The highest BCUT2D eigenvalue weighted by Gasteiger charge is 2.08. The van der Waals surface area contributed by atoms with E-state index in [1.165, 1.54) is 23.9 Å². The Morgan fingerprint density at radius 2 is 1.79 bits per heavy atom. The molecule has 0 saturated carbocycles. The Balaban J connectivity index is 1.88. The third-order valence-electron chi connectivity index (χ3n) is 2.58. The minimum Gasteiger partial charge on any atom is -0.294 e. The lowest BCUT2D eigenvalue weighted by Gasteiger charge is -2.03. The second-order valence-electron chi connectivity index (χ2n) is 3.96. The van der Waals surface area contributed by atoms with E-state index in [1.54, 1.807) is 24.3 Å². The van der Waals surface area contributed by atoms with Crippen molar-refractivity contribution in [2.24, 2.45) is 0 Å². The van der Waals surface area contributed by atoms with Crippen LogP contribution < -0.4 is 0 Å². The second-order valence-corrected chi connectivity index (χ2v) is 5.10. The summed E-state index contributed by atoms with van der Waals surface area (Å²) in [6.45, 7) is 0. The summed E-state index contributed by atoms with van der Waals surface area (Å²) in [6, 6.07) is 12.4. The summed E-state index contributed by atoms with van der Waals surface area (Å²) in [7, 11) is 0. The first kappa shape index (κ1) is 13.7. The maximum Gasteiger partial charge on any atom is 0.163 e. The number of hydrogen-bond donors (Lipinski definition) is 0. The maximum atomic E-state index is 13.4. The first-order valence-corrected chi connectivity index (χ1v) is 6.81. The molecular weight excluding hydrogens is 266 g/mol. The molecule has 19 heavy (non-hydrogen) atoms. The molecule has 0 aliphatic carbocycles. The fraction of sp³-hybridized carbons (Fsp3) is 0.133. The molecule has 0 aromatic heterocycles. The van der Waals surface area contributed by atoms with Gasteiger partial charge in [0.05, 0.1) is 0 Å². The van der Waals surface area contributed by atoms with Crippen LogP contribution in [0.5, 0.6) is 0 Å². The van der Waals surface area contributed by atoms with Crippen molar-refractivity contribution in [1.29, 1.82) is 0 Å². The zero-order chi connectivity index (χ0) is 13.7. The Hall–Kier alpha value is -1.68. The molecule has 0 bridgehead atoms. The third-order valence-corrected chi connectivity index (χ3v) is 3.63. The van der Waals surface area contributed by atoms with Crippen LogP contribution in [0.15, 0.2) is 53.4 Å². The molecule has 0 unspecified atom stereocenters. The molecule has 0 saturated heterocycles. The maximum absolute atomic E-state index is 13.4. The quantitative estimate of drug-likeness (QED) is 0.598. The Bertz CT molecular complexity index is 570. The van der Waals surface area contributed by atoms with E-state index >= 15 is 0 Å². The van der Waals surface area contributed by atoms with Crippen molar-refractivity contribution in [3.63, 3.8) is 0 Å². The highest BCUT2D eigenvalue weighted by molar-refractivity contribution is 7.99. The second kappa shape index (κ2) is 6.48. The SMILES string of the molecule is O=C(CCSc1ccc(F)cc1F)c1ccccc1. The van der Waals surface area contributed by atoms with Gasteiger partial charge in [-0.15, -0.1) is 11.8 Å². The Morgan fingerprint density at radius 1 is 1.05 bits per heavy atom. The molecular formula is C15H12F2OS. The number of carbonyl (C=O) groups is 1. The normalized spacial score (nSPS) is 10.4. The van der Waals surface area contributed by atoms with Crippen LogP contribution in [-0.2, 0) is 0 Å². The third kappa shape index (κ3) is 3.89. The number of halogens is 2. The van der Waals surface area contributed by atoms with Crippen LogP contribution in [0.2, 0.25) is 0 Å². The summed E-state index contributed by atoms with van der Waals surface area (Å²) < 4.78 is 26.1. The number of hydrogen-bond acceptors (Lipinski definition) is 2. The van der Waals surface area contributed by atoms with E-state index in [2.05, 4.69) is 0 Å². The first-order chi connectivity index (χ1) is 9.16. The largest absolute Gasteiger partial charge is 0.294 e. The molecule has 0 aliphatic heterocycles. The van der Waals surface area contributed by atoms with Gasteiger partial charge in [0, 0.05) is 28.7 Å². The fourth-order valence-corrected chi connectivity index (χ4v) is 2.48. The number of carbonyl (C=O) groups excluding carboxylic acids is 1. The van der Waals surface area contributed by atoms with Gasteiger partial charge in [0.1, 0.15) is 11.6 Å². The monoisotopic (exact) mass is 278 g/mol. The predicted molar refractivity (Wildman–Crippen MR) is 72.5 cm³/mol. The van der Waals surface area contributed by atoms with Crippen LogP contribution in [0, 0.1) is 11.6 Å². The summed E-state index contributed by atoms with van der Waals surface area (Å²) in [5.41, 5.74) is 0.655. The van der Waals surface area contributed by atoms with Crippen LogP contribution >= 0.6 is 11.8 Å². The molecule has 0 aliphatic rings. The number of rotatable bonds is 5. The Labute approximate surface area is 114 Å². The van der Waals surface area contributed by atoms with Gasteiger partial charge in [-0.05, 0) is 12.1 Å².